The highest BCUT2D eigenvalue weighted by atomic mass is 16.5. The number of ketones is 1. The average Bonchev–Trinajstić information content (AvgIpc) is 2.77. The predicted octanol–water partition coefficient (Wildman–Crippen LogP) is 1.41. The maximum absolute atomic E-state index is 12.2. The van der Waals surface area contributed by atoms with Crippen LogP contribution in [-0.2, 0) is 4.74 Å². The standard InChI is InChI=1S/C13H17NO2/c1-9-3-5-10(6-4-9)13(15)11-7-16-8-12(11)14-2/h3-6,11-12,14H,7-8H2,1-2H3. The molecular formula is C13H17NO2. The smallest absolute Gasteiger partial charge is 0.169 e. The maximum Gasteiger partial charge on any atom is 0.169 e. The number of carbonyl (C=O) groups is 1. The summed E-state index contributed by atoms with van der Waals surface area (Å²) in [6.45, 7) is 3.17. The quantitative estimate of drug-likeness (QED) is 0.781. The number of likely N-dealkylation sites (N-methyl/N-ethyl adjacent to an activating group) is 1. The van der Waals surface area contributed by atoms with Gasteiger partial charge in [-0.2, -0.15) is 0 Å². The zero-order chi connectivity index (χ0) is 11.5. The van der Waals surface area contributed by atoms with E-state index in [0.29, 0.717) is 13.2 Å². The van der Waals surface area contributed by atoms with Crippen LogP contribution in [0.3, 0.4) is 0 Å². The van der Waals surface area contributed by atoms with Crippen molar-refractivity contribution >= 4 is 5.78 Å². The van der Waals surface area contributed by atoms with E-state index >= 15 is 0 Å². The summed E-state index contributed by atoms with van der Waals surface area (Å²) in [7, 11) is 1.87. The van der Waals surface area contributed by atoms with Gasteiger partial charge in [-0.3, -0.25) is 4.79 Å². The molecule has 1 fully saturated rings. The Morgan fingerprint density at radius 2 is 2.00 bits per heavy atom. The van der Waals surface area contributed by atoms with Gasteiger partial charge in [-0.25, -0.2) is 0 Å². The summed E-state index contributed by atoms with van der Waals surface area (Å²) in [6, 6.07) is 7.87. The first-order valence-corrected chi connectivity index (χ1v) is 5.58. The van der Waals surface area contributed by atoms with E-state index in [1.807, 2.05) is 38.2 Å². The van der Waals surface area contributed by atoms with E-state index in [1.54, 1.807) is 0 Å². The van der Waals surface area contributed by atoms with Gasteiger partial charge in [0.2, 0.25) is 0 Å². The van der Waals surface area contributed by atoms with E-state index in [9.17, 15) is 4.79 Å². The molecule has 0 radical (unpaired) electrons. The van der Waals surface area contributed by atoms with Crippen molar-refractivity contribution in [2.45, 2.75) is 13.0 Å². The van der Waals surface area contributed by atoms with E-state index < -0.39 is 0 Å². The molecule has 3 nitrogen and oxygen atoms in total. The van der Waals surface area contributed by atoms with Crippen LogP contribution in [0.5, 0.6) is 0 Å². The van der Waals surface area contributed by atoms with Gasteiger partial charge in [0.15, 0.2) is 5.78 Å². The lowest BCUT2D eigenvalue weighted by molar-refractivity contribution is 0.0892. The zero-order valence-electron chi connectivity index (χ0n) is 9.69. The number of benzene rings is 1. The number of hydrogen-bond acceptors (Lipinski definition) is 3. The largest absolute Gasteiger partial charge is 0.379 e. The molecule has 0 amide bonds. The monoisotopic (exact) mass is 219 g/mol. The van der Waals surface area contributed by atoms with Crippen molar-refractivity contribution in [3.05, 3.63) is 35.4 Å². The Kier molecular flexibility index (Phi) is 3.36. The highest BCUT2D eigenvalue weighted by Crippen LogP contribution is 2.19. The Bertz CT molecular complexity index is 372. The van der Waals surface area contributed by atoms with Crippen molar-refractivity contribution in [1.82, 2.24) is 5.32 Å². The minimum absolute atomic E-state index is 0.0484. The summed E-state index contributed by atoms with van der Waals surface area (Å²) in [5.41, 5.74) is 1.95. The Hall–Kier alpha value is -1.19. The van der Waals surface area contributed by atoms with Crippen LogP contribution in [0, 0.1) is 12.8 Å². The van der Waals surface area contributed by atoms with Crippen LogP contribution in [0.25, 0.3) is 0 Å². The normalized spacial score (nSPS) is 24.6. The van der Waals surface area contributed by atoms with Crippen molar-refractivity contribution in [1.29, 1.82) is 0 Å². The summed E-state index contributed by atoms with van der Waals surface area (Å²) in [6.07, 6.45) is 0. The number of Topliss-reactive ketones (excluding diaryl/α,β-unsaturated/α-hetero) is 1. The van der Waals surface area contributed by atoms with Gasteiger partial charge in [-0.1, -0.05) is 29.8 Å². The molecule has 1 heterocycles. The van der Waals surface area contributed by atoms with Crippen LogP contribution in [0.1, 0.15) is 15.9 Å². The van der Waals surface area contributed by atoms with Crippen LogP contribution in [0.15, 0.2) is 24.3 Å². The molecule has 1 aromatic rings. The summed E-state index contributed by atoms with van der Waals surface area (Å²) < 4.78 is 5.34. The predicted molar refractivity (Wildman–Crippen MR) is 62.7 cm³/mol. The Morgan fingerprint density at radius 3 is 2.62 bits per heavy atom. The molecule has 16 heavy (non-hydrogen) atoms. The first kappa shape index (κ1) is 11.3. The molecule has 1 saturated heterocycles. The molecule has 1 aliphatic heterocycles. The number of nitrogens with one attached hydrogen (secondary N) is 1. The summed E-state index contributed by atoms with van der Waals surface area (Å²) >= 11 is 0. The van der Waals surface area contributed by atoms with E-state index in [1.165, 1.54) is 5.56 Å². The van der Waals surface area contributed by atoms with Gasteiger partial charge in [0.1, 0.15) is 0 Å². The second kappa shape index (κ2) is 4.76. The van der Waals surface area contributed by atoms with Crippen LogP contribution in [0.4, 0.5) is 0 Å². The van der Waals surface area contributed by atoms with Gasteiger partial charge in [0.25, 0.3) is 0 Å². The molecule has 1 aromatic carbocycles. The fourth-order valence-electron chi connectivity index (χ4n) is 2.03. The molecule has 2 rings (SSSR count). The van der Waals surface area contributed by atoms with Crippen molar-refractivity contribution in [2.75, 3.05) is 20.3 Å². The molecule has 0 bridgehead atoms. The maximum atomic E-state index is 12.2. The fraction of sp³-hybridized carbons (Fsp3) is 0.462. The highest BCUT2D eigenvalue weighted by Gasteiger charge is 2.33. The Labute approximate surface area is 95.8 Å². The van der Waals surface area contributed by atoms with Gasteiger partial charge in [0.05, 0.1) is 19.1 Å². The van der Waals surface area contributed by atoms with Gasteiger partial charge >= 0.3 is 0 Å². The van der Waals surface area contributed by atoms with E-state index in [4.69, 9.17) is 4.74 Å². The fourth-order valence-corrected chi connectivity index (χ4v) is 2.03. The average molecular weight is 219 g/mol. The van der Waals surface area contributed by atoms with Gasteiger partial charge < -0.3 is 10.1 Å². The zero-order valence-corrected chi connectivity index (χ0v) is 9.69. The first-order chi connectivity index (χ1) is 7.72. The molecule has 0 saturated carbocycles. The lowest BCUT2D eigenvalue weighted by Crippen LogP contribution is -2.36. The van der Waals surface area contributed by atoms with E-state index in [-0.39, 0.29) is 17.7 Å². The van der Waals surface area contributed by atoms with E-state index in [0.717, 1.165) is 5.56 Å². The number of ether oxygens (including phenoxy) is 1. The van der Waals surface area contributed by atoms with Crippen molar-refractivity contribution in [2.24, 2.45) is 5.92 Å². The molecule has 0 aliphatic carbocycles. The summed E-state index contributed by atoms with van der Waals surface area (Å²) in [5.74, 6) is 0.129. The Morgan fingerprint density at radius 1 is 1.31 bits per heavy atom. The summed E-state index contributed by atoms with van der Waals surface area (Å²) in [5, 5.41) is 3.13. The molecule has 0 spiro atoms. The van der Waals surface area contributed by atoms with Gasteiger partial charge in [-0.15, -0.1) is 0 Å². The van der Waals surface area contributed by atoms with Crippen molar-refractivity contribution in [3.8, 4) is 0 Å². The number of carbonyl (C=O) groups excluding carboxylic acids is 1. The van der Waals surface area contributed by atoms with Gasteiger partial charge in [0, 0.05) is 11.6 Å². The highest BCUT2D eigenvalue weighted by molar-refractivity contribution is 5.98. The minimum Gasteiger partial charge on any atom is -0.379 e. The second-order valence-electron chi connectivity index (χ2n) is 4.27. The minimum atomic E-state index is -0.0484. The van der Waals surface area contributed by atoms with Crippen molar-refractivity contribution < 1.29 is 9.53 Å². The number of rotatable bonds is 3. The van der Waals surface area contributed by atoms with Crippen LogP contribution >= 0.6 is 0 Å². The lowest BCUT2D eigenvalue weighted by Gasteiger charge is -2.15. The molecule has 2 unspecified atom stereocenters. The number of aryl methyl sites for hydroxylation is 1. The molecule has 3 heteroatoms. The molecule has 2 atom stereocenters. The molecule has 1 N–H and O–H groups in total. The third-order valence-electron chi connectivity index (χ3n) is 3.12. The van der Waals surface area contributed by atoms with Crippen LogP contribution in [0.2, 0.25) is 0 Å². The molecule has 0 aromatic heterocycles. The number of hydrogen-bond donors (Lipinski definition) is 1. The molecule has 1 aliphatic rings. The van der Waals surface area contributed by atoms with Crippen molar-refractivity contribution in [3.63, 3.8) is 0 Å². The SMILES string of the molecule is CNC1COCC1C(=O)c1ccc(C)cc1. The lowest BCUT2D eigenvalue weighted by atomic mass is 9.93. The van der Waals surface area contributed by atoms with Crippen LogP contribution < -0.4 is 5.32 Å². The molecule has 86 valence electrons. The first-order valence-electron chi connectivity index (χ1n) is 5.58. The Balaban J connectivity index is 2.15. The third-order valence-corrected chi connectivity index (χ3v) is 3.12. The topological polar surface area (TPSA) is 38.3 Å². The molecular weight excluding hydrogens is 202 g/mol. The second-order valence-corrected chi connectivity index (χ2v) is 4.27. The van der Waals surface area contributed by atoms with E-state index in [2.05, 4.69) is 5.32 Å². The van der Waals surface area contributed by atoms with Gasteiger partial charge in [-0.05, 0) is 14.0 Å². The van der Waals surface area contributed by atoms with Crippen LogP contribution in [-0.4, -0.2) is 32.1 Å². The third kappa shape index (κ3) is 2.15. The summed E-state index contributed by atoms with van der Waals surface area (Å²) in [4.78, 5) is 12.2.